The molecule has 2 aliphatic rings. The van der Waals surface area contributed by atoms with Crippen LogP contribution in [0.3, 0.4) is 0 Å². The topological polar surface area (TPSA) is 39.9 Å². The van der Waals surface area contributed by atoms with E-state index in [9.17, 15) is 5.11 Å². The summed E-state index contributed by atoms with van der Waals surface area (Å²) in [5.74, 6) is 1.75. The van der Waals surface area contributed by atoms with E-state index >= 15 is 0 Å². The zero-order valence-electron chi connectivity index (χ0n) is 53.7. The van der Waals surface area contributed by atoms with Crippen LogP contribution in [0.4, 0.5) is 34.1 Å². The number of furan rings is 1. The van der Waals surface area contributed by atoms with Crippen LogP contribution in [0.15, 0.2) is 205 Å². The van der Waals surface area contributed by atoms with Gasteiger partial charge in [-0.2, -0.15) is 0 Å². The highest BCUT2D eigenvalue weighted by Gasteiger charge is 2.33. The molecule has 15 rings (SSSR count). The number of phenolic OH excluding ortho intramolecular Hbond substituents is 1. The Balaban J connectivity index is 1.03. The molecule has 1 N–H and O–H groups in total. The minimum Gasteiger partial charge on any atom is -0.505 e. The molecule has 1 aromatic heterocycles. The molecule has 0 atom stereocenters. The number of nitrogens with zero attached hydrogens (tertiary/aromatic N) is 2. The van der Waals surface area contributed by atoms with Gasteiger partial charge in [-0.1, -0.05) is 236 Å². The van der Waals surface area contributed by atoms with Crippen molar-refractivity contribution >= 4 is 88.4 Å². The second-order valence-corrected chi connectivity index (χ2v) is 27.0. The van der Waals surface area contributed by atoms with Gasteiger partial charge in [-0.05, 0) is 196 Å². The normalized spacial score (nSPS) is 14.4. The van der Waals surface area contributed by atoms with Gasteiger partial charge in [0.15, 0.2) is 5.58 Å². The fourth-order valence-electron chi connectivity index (χ4n) is 16.4. The maximum absolute atomic E-state index is 13.4. The van der Waals surface area contributed by atoms with Gasteiger partial charge in [0, 0.05) is 32.7 Å². The van der Waals surface area contributed by atoms with E-state index in [-0.39, 0.29) is 5.75 Å². The smallest absolute Gasteiger partial charge is 0.159 e. The predicted molar refractivity (Wildman–Crippen MR) is 384 cm³/mol. The van der Waals surface area contributed by atoms with Crippen LogP contribution in [0.25, 0.3) is 87.6 Å². The lowest BCUT2D eigenvalue weighted by molar-refractivity contribution is 0.445. The van der Waals surface area contributed by atoms with Gasteiger partial charge in [0.1, 0.15) is 11.3 Å². The first-order chi connectivity index (χ1) is 43.9. The van der Waals surface area contributed by atoms with Gasteiger partial charge >= 0.3 is 0 Å². The molecular weight excluding hydrogens is 1090 g/mol. The summed E-state index contributed by atoms with van der Waals surface area (Å²) in [4.78, 5) is 5.04. The lowest BCUT2D eigenvalue weighted by Crippen LogP contribution is -2.16. The van der Waals surface area contributed by atoms with Crippen LogP contribution < -0.4 is 9.80 Å². The van der Waals surface area contributed by atoms with Gasteiger partial charge in [0.2, 0.25) is 0 Å². The Labute approximate surface area is 531 Å². The summed E-state index contributed by atoms with van der Waals surface area (Å²) in [6, 6.07) is 74.8. The molecule has 2 aliphatic carbocycles. The molecule has 4 nitrogen and oxygen atoms in total. The Hall–Kier alpha value is -9.12. The van der Waals surface area contributed by atoms with Crippen molar-refractivity contribution in [3.05, 3.63) is 245 Å². The Morgan fingerprint density at radius 1 is 0.356 bits per heavy atom. The second-order valence-electron chi connectivity index (χ2n) is 27.0. The molecular formula is C86H82N2O2. The Morgan fingerprint density at radius 3 is 1.32 bits per heavy atom. The van der Waals surface area contributed by atoms with E-state index in [1.165, 1.54) is 127 Å². The predicted octanol–water partition coefficient (Wildman–Crippen LogP) is 25.7. The Morgan fingerprint density at radius 2 is 0.767 bits per heavy atom. The molecule has 90 heavy (non-hydrogen) atoms. The Bertz CT molecular complexity index is 4850. The molecule has 2 fully saturated rings. The number of hydrogen-bond donors (Lipinski definition) is 1. The molecule has 2 saturated carbocycles. The van der Waals surface area contributed by atoms with Crippen LogP contribution in [-0.4, -0.2) is 5.11 Å². The monoisotopic (exact) mass is 1170 g/mol. The molecule has 0 radical (unpaired) electrons. The summed E-state index contributed by atoms with van der Waals surface area (Å²) < 4.78 is 7.53. The first-order valence-corrected chi connectivity index (χ1v) is 33.5. The van der Waals surface area contributed by atoms with Crippen molar-refractivity contribution in [3.63, 3.8) is 0 Å². The zero-order chi connectivity index (χ0) is 61.5. The van der Waals surface area contributed by atoms with Gasteiger partial charge < -0.3 is 19.3 Å². The van der Waals surface area contributed by atoms with E-state index in [4.69, 9.17) is 4.42 Å². The molecule has 4 heteroatoms. The van der Waals surface area contributed by atoms with Crippen LogP contribution >= 0.6 is 0 Å². The number of phenols is 1. The van der Waals surface area contributed by atoms with Crippen LogP contribution in [0, 0.1) is 27.7 Å². The van der Waals surface area contributed by atoms with Crippen molar-refractivity contribution in [1.82, 2.24) is 0 Å². The summed E-state index contributed by atoms with van der Waals surface area (Å²) in [6.45, 7) is 18.1. The fraction of sp³-hybridized carbons (Fsp3) is 0.256. The summed E-state index contributed by atoms with van der Waals surface area (Å²) >= 11 is 0. The zero-order valence-corrected chi connectivity index (χ0v) is 53.7. The van der Waals surface area contributed by atoms with Gasteiger partial charge in [-0.15, -0.1) is 0 Å². The van der Waals surface area contributed by atoms with Crippen molar-refractivity contribution in [1.29, 1.82) is 0 Å². The number of fused-ring (bicyclic) bond motifs is 3. The lowest BCUT2D eigenvalue weighted by Gasteiger charge is -2.35. The molecule has 0 aliphatic heterocycles. The van der Waals surface area contributed by atoms with E-state index < -0.39 is 0 Å². The van der Waals surface area contributed by atoms with E-state index in [0.29, 0.717) is 23.7 Å². The number of rotatable bonds is 13. The van der Waals surface area contributed by atoms with Gasteiger partial charge in [0.05, 0.1) is 34.1 Å². The second kappa shape index (κ2) is 23.4. The molecule has 12 aromatic carbocycles. The third-order valence-corrected chi connectivity index (χ3v) is 20.8. The number of para-hydroxylation sites is 5. The molecule has 1 heterocycles. The standard InChI is InChI=1S/C86H82N2O2/c1-52(2)62-35-15-17-37-64(62)60-33-21-34-61(49-60)65-39-23-43-76(84(65)89)87(82-54(5)25-19-26-55(82)6)78-50-74(58-29-11-9-12-30-58)67-46-48-73-79(51-75(59-31-13-10-14-32-59)68-45-47-72(78)80(67)81(68)73)88(83-56(7)27-20-28-57(83)8)77-44-24-42-71-70-41-22-40-69(85(70)90-86(71)77)66-38-18-16-36-63(66)53(3)4/h15-28,33-53,58-59,89H,9-14,29-32H2,1-8H3. The quantitative estimate of drug-likeness (QED) is 0.117. The molecule has 0 unspecified atom stereocenters. The van der Waals surface area contributed by atoms with E-state index in [0.717, 1.165) is 104 Å². The first kappa shape index (κ1) is 57.3. The van der Waals surface area contributed by atoms with Gasteiger partial charge in [0.25, 0.3) is 0 Å². The van der Waals surface area contributed by atoms with Gasteiger partial charge in [-0.25, -0.2) is 0 Å². The minimum absolute atomic E-state index is 0.265. The maximum Gasteiger partial charge on any atom is 0.159 e. The van der Waals surface area contributed by atoms with Crippen molar-refractivity contribution < 1.29 is 9.52 Å². The van der Waals surface area contributed by atoms with Crippen LogP contribution in [0.5, 0.6) is 5.75 Å². The molecule has 0 bridgehead atoms. The minimum atomic E-state index is 0.265. The van der Waals surface area contributed by atoms with Crippen molar-refractivity contribution in [3.8, 4) is 39.1 Å². The number of benzene rings is 12. The number of aromatic hydroxyl groups is 1. The van der Waals surface area contributed by atoms with Crippen molar-refractivity contribution in [2.24, 2.45) is 0 Å². The highest BCUT2D eigenvalue weighted by atomic mass is 16.3. The summed E-state index contributed by atoms with van der Waals surface area (Å²) in [5.41, 5.74) is 24.8. The number of anilines is 6. The summed E-state index contributed by atoms with van der Waals surface area (Å²) in [7, 11) is 0. The molecule has 0 amide bonds. The third kappa shape index (κ3) is 9.63. The van der Waals surface area contributed by atoms with Gasteiger partial charge in [-0.3, -0.25) is 0 Å². The van der Waals surface area contributed by atoms with Crippen LogP contribution in [0.1, 0.15) is 160 Å². The molecule has 0 saturated heterocycles. The summed E-state index contributed by atoms with van der Waals surface area (Å²) in [5, 5.41) is 23.4. The Kier molecular flexibility index (Phi) is 14.9. The number of aryl methyl sites for hydroxylation is 4. The molecule has 448 valence electrons. The van der Waals surface area contributed by atoms with Crippen LogP contribution in [-0.2, 0) is 0 Å². The molecule has 0 spiro atoms. The van der Waals surface area contributed by atoms with Crippen molar-refractivity contribution in [2.75, 3.05) is 9.80 Å². The number of hydrogen-bond acceptors (Lipinski definition) is 4. The highest BCUT2D eigenvalue weighted by Crippen LogP contribution is 2.56. The SMILES string of the molecule is Cc1cccc(C)c1N(c1cccc(-c2cccc(-c3ccccc3C(C)C)c2)c1O)c1cc(C2CCCCC2)c2ccc3c(N(c4c(C)cccc4C)c4cccc5c4oc4c(-c6ccccc6C(C)C)cccc45)cc(C4CCCCC4)c4ccc1c2c43. The van der Waals surface area contributed by atoms with Crippen molar-refractivity contribution in [2.45, 2.75) is 143 Å². The largest absolute Gasteiger partial charge is 0.505 e. The fourth-order valence-corrected chi connectivity index (χ4v) is 16.4. The molecule has 13 aromatic rings. The van der Waals surface area contributed by atoms with Crippen LogP contribution in [0.2, 0.25) is 0 Å². The lowest BCUT2D eigenvalue weighted by atomic mass is 9.77. The highest BCUT2D eigenvalue weighted by molar-refractivity contribution is 6.30. The van der Waals surface area contributed by atoms with E-state index in [1.54, 1.807) is 0 Å². The first-order valence-electron chi connectivity index (χ1n) is 33.5. The average molecular weight is 1180 g/mol. The summed E-state index contributed by atoms with van der Waals surface area (Å²) in [6.07, 6.45) is 12.0. The van der Waals surface area contributed by atoms with E-state index in [1.807, 2.05) is 0 Å². The van der Waals surface area contributed by atoms with E-state index in [2.05, 4.69) is 265 Å². The third-order valence-electron chi connectivity index (χ3n) is 20.8. The maximum atomic E-state index is 13.4. The average Bonchev–Trinajstić information content (AvgIpc) is 0.771.